The van der Waals surface area contributed by atoms with Crippen molar-refractivity contribution in [1.82, 2.24) is 10.2 Å². The lowest BCUT2D eigenvalue weighted by Gasteiger charge is -2.41. The van der Waals surface area contributed by atoms with Crippen LogP contribution in [0.25, 0.3) is 0 Å². The van der Waals surface area contributed by atoms with Crippen LogP contribution in [0.5, 0.6) is 0 Å². The summed E-state index contributed by atoms with van der Waals surface area (Å²) >= 11 is 2.01. The number of carbonyl (C=O) groups is 1. The fourth-order valence-electron chi connectivity index (χ4n) is 2.66. The molecule has 0 bridgehead atoms. The topological polar surface area (TPSA) is 32.3 Å². The Morgan fingerprint density at radius 2 is 2.07 bits per heavy atom. The molecule has 1 spiro atoms. The Balaban J connectivity index is 1.85. The highest BCUT2D eigenvalue weighted by atomic mass is 32.2. The zero-order valence-electron chi connectivity index (χ0n) is 8.29. The van der Waals surface area contributed by atoms with E-state index in [4.69, 9.17) is 0 Å². The van der Waals surface area contributed by atoms with Crippen LogP contribution in [0.4, 0.5) is 0 Å². The van der Waals surface area contributed by atoms with E-state index in [1.807, 2.05) is 11.8 Å². The fourth-order valence-corrected chi connectivity index (χ4v) is 3.83. The van der Waals surface area contributed by atoms with Crippen molar-refractivity contribution >= 4 is 17.7 Å². The van der Waals surface area contributed by atoms with E-state index in [0.717, 1.165) is 12.8 Å². The highest BCUT2D eigenvalue weighted by Gasteiger charge is 2.51. The molecule has 1 aliphatic carbocycles. The number of hydrogen-bond acceptors (Lipinski definition) is 3. The number of rotatable bonds is 1. The molecule has 1 saturated carbocycles. The molecule has 3 rings (SSSR count). The third-order valence-electron chi connectivity index (χ3n) is 3.53. The van der Waals surface area contributed by atoms with Crippen LogP contribution < -0.4 is 5.32 Å². The van der Waals surface area contributed by atoms with Gasteiger partial charge in [-0.25, -0.2) is 0 Å². The highest BCUT2D eigenvalue weighted by Crippen LogP contribution is 2.40. The third-order valence-corrected chi connectivity index (χ3v) is 4.52. The second-order valence-corrected chi connectivity index (χ2v) is 5.72. The maximum Gasteiger partial charge on any atom is 0.238 e. The predicted molar refractivity (Wildman–Crippen MR) is 57.2 cm³/mol. The van der Waals surface area contributed by atoms with Crippen molar-refractivity contribution in [3.63, 3.8) is 0 Å². The van der Waals surface area contributed by atoms with Crippen molar-refractivity contribution in [2.45, 2.75) is 37.4 Å². The Morgan fingerprint density at radius 3 is 2.71 bits per heavy atom. The summed E-state index contributed by atoms with van der Waals surface area (Å²) < 4.78 is 0. The summed E-state index contributed by atoms with van der Waals surface area (Å²) in [5, 5.41) is 3.46. The maximum atomic E-state index is 11.8. The second-order valence-electron chi connectivity index (χ2n) is 4.49. The van der Waals surface area contributed by atoms with Gasteiger partial charge in [-0.3, -0.25) is 10.1 Å². The number of nitrogens with zero attached hydrogens (tertiary/aromatic N) is 1. The predicted octanol–water partition coefficient (Wildman–Crippen LogP) is 0.804. The van der Waals surface area contributed by atoms with Gasteiger partial charge in [-0.2, -0.15) is 11.8 Å². The van der Waals surface area contributed by atoms with Gasteiger partial charge in [0, 0.05) is 6.04 Å². The van der Waals surface area contributed by atoms with Gasteiger partial charge in [0.1, 0.15) is 0 Å². The fraction of sp³-hybridized carbons (Fsp3) is 0.900. The summed E-state index contributed by atoms with van der Waals surface area (Å²) in [7, 11) is 0. The van der Waals surface area contributed by atoms with Crippen molar-refractivity contribution in [2.75, 3.05) is 18.1 Å². The number of carbonyl (C=O) groups excluding carboxylic acids is 1. The molecule has 14 heavy (non-hydrogen) atoms. The molecule has 3 fully saturated rings. The largest absolute Gasteiger partial charge is 0.320 e. The molecule has 2 aliphatic heterocycles. The lowest BCUT2D eigenvalue weighted by atomic mass is 10.0. The van der Waals surface area contributed by atoms with E-state index in [1.54, 1.807) is 0 Å². The Morgan fingerprint density at radius 1 is 1.36 bits per heavy atom. The quantitative estimate of drug-likeness (QED) is 0.698. The molecule has 1 amide bonds. The number of nitrogens with one attached hydrogen (secondary N) is 1. The molecule has 1 N–H and O–H groups in total. The van der Waals surface area contributed by atoms with Crippen molar-refractivity contribution < 1.29 is 4.79 Å². The van der Waals surface area contributed by atoms with E-state index in [-0.39, 0.29) is 5.66 Å². The summed E-state index contributed by atoms with van der Waals surface area (Å²) in [6.45, 7) is 0.571. The summed E-state index contributed by atoms with van der Waals surface area (Å²) in [4.78, 5) is 14.0. The molecular weight excluding hydrogens is 196 g/mol. The van der Waals surface area contributed by atoms with Crippen molar-refractivity contribution in [3.8, 4) is 0 Å². The van der Waals surface area contributed by atoms with Crippen LogP contribution in [-0.4, -0.2) is 40.6 Å². The van der Waals surface area contributed by atoms with E-state index >= 15 is 0 Å². The van der Waals surface area contributed by atoms with Gasteiger partial charge in [0.15, 0.2) is 0 Å². The Labute approximate surface area is 88.6 Å². The van der Waals surface area contributed by atoms with Crippen LogP contribution in [0.3, 0.4) is 0 Å². The lowest BCUT2D eigenvalue weighted by Crippen LogP contribution is -2.55. The zero-order valence-corrected chi connectivity index (χ0v) is 9.11. The van der Waals surface area contributed by atoms with E-state index in [0.29, 0.717) is 18.5 Å². The van der Waals surface area contributed by atoms with Crippen molar-refractivity contribution in [3.05, 3.63) is 0 Å². The molecule has 0 aromatic rings. The molecular formula is C10H16N2OS. The average molecular weight is 212 g/mol. The lowest BCUT2D eigenvalue weighted by molar-refractivity contribution is -0.131. The third kappa shape index (κ3) is 1.27. The minimum atomic E-state index is 0.0590. The molecule has 0 unspecified atom stereocenters. The van der Waals surface area contributed by atoms with Gasteiger partial charge in [-0.1, -0.05) is 0 Å². The second kappa shape index (κ2) is 3.14. The van der Waals surface area contributed by atoms with Gasteiger partial charge in [-0.15, -0.1) is 0 Å². The first kappa shape index (κ1) is 9.04. The molecule has 2 saturated heterocycles. The van der Waals surface area contributed by atoms with Crippen LogP contribution in [0.15, 0.2) is 0 Å². The number of amides is 1. The van der Waals surface area contributed by atoms with Crippen LogP contribution in [0.1, 0.15) is 25.7 Å². The Bertz CT molecular complexity index is 259. The Kier molecular flexibility index (Phi) is 2.02. The molecule has 0 aromatic heterocycles. The SMILES string of the molecule is O=C1CNC2(CCSCC2)N1C1CC1. The molecule has 3 nitrogen and oxygen atoms in total. The van der Waals surface area contributed by atoms with Gasteiger partial charge in [0.05, 0.1) is 12.2 Å². The first-order valence-electron chi connectivity index (χ1n) is 5.47. The minimum Gasteiger partial charge on any atom is -0.320 e. The summed E-state index contributed by atoms with van der Waals surface area (Å²) in [5.41, 5.74) is 0.0590. The molecule has 3 aliphatic rings. The molecule has 4 heteroatoms. The Hall–Kier alpha value is -0.220. The average Bonchev–Trinajstić information content (AvgIpc) is 2.97. The minimum absolute atomic E-state index is 0.0590. The van der Waals surface area contributed by atoms with Crippen molar-refractivity contribution in [2.24, 2.45) is 0 Å². The van der Waals surface area contributed by atoms with E-state index in [2.05, 4.69) is 10.2 Å². The van der Waals surface area contributed by atoms with Crippen LogP contribution in [0.2, 0.25) is 0 Å². The van der Waals surface area contributed by atoms with E-state index in [1.165, 1.54) is 24.3 Å². The highest BCUT2D eigenvalue weighted by molar-refractivity contribution is 7.99. The van der Waals surface area contributed by atoms with Crippen molar-refractivity contribution in [1.29, 1.82) is 0 Å². The van der Waals surface area contributed by atoms with Gasteiger partial charge < -0.3 is 4.90 Å². The van der Waals surface area contributed by atoms with Crippen LogP contribution in [0, 0.1) is 0 Å². The van der Waals surface area contributed by atoms with Gasteiger partial charge in [0.25, 0.3) is 0 Å². The van der Waals surface area contributed by atoms with Crippen LogP contribution in [-0.2, 0) is 4.79 Å². The monoisotopic (exact) mass is 212 g/mol. The molecule has 2 heterocycles. The standard InChI is InChI=1S/C10H16N2OS/c13-9-7-11-10(3-5-14-6-4-10)12(9)8-1-2-8/h8,11H,1-7H2. The molecule has 0 aromatic carbocycles. The number of thioether (sulfide) groups is 1. The van der Waals surface area contributed by atoms with Crippen LogP contribution >= 0.6 is 11.8 Å². The van der Waals surface area contributed by atoms with Gasteiger partial charge in [0.2, 0.25) is 5.91 Å². The number of hydrogen-bond donors (Lipinski definition) is 1. The van der Waals surface area contributed by atoms with Gasteiger partial charge >= 0.3 is 0 Å². The molecule has 0 radical (unpaired) electrons. The first-order valence-corrected chi connectivity index (χ1v) is 6.62. The van der Waals surface area contributed by atoms with E-state index < -0.39 is 0 Å². The molecule has 78 valence electrons. The summed E-state index contributed by atoms with van der Waals surface area (Å²) in [5.74, 6) is 2.73. The smallest absolute Gasteiger partial charge is 0.238 e. The maximum absolute atomic E-state index is 11.8. The van der Waals surface area contributed by atoms with Gasteiger partial charge in [-0.05, 0) is 37.2 Å². The summed E-state index contributed by atoms with van der Waals surface area (Å²) in [6.07, 6.45) is 4.73. The van der Waals surface area contributed by atoms with E-state index in [9.17, 15) is 4.79 Å². The zero-order chi connectivity index (χ0) is 9.60. The summed E-state index contributed by atoms with van der Waals surface area (Å²) in [6, 6.07) is 0.570. The first-order chi connectivity index (χ1) is 6.82. The molecule has 0 atom stereocenters. The normalized spacial score (nSPS) is 31.4.